The Balaban J connectivity index is 1.90. The molecule has 1 aliphatic heterocycles. The number of nitrogens with zero attached hydrogens (tertiary/aromatic N) is 1. The summed E-state index contributed by atoms with van der Waals surface area (Å²) in [5, 5.41) is 3.71. The van der Waals surface area contributed by atoms with E-state index in [4.69, 9.17) is 4.74 Å². The summed E-state index contributed by atoms with van der Waals surface area (Å²) in [6.07, 6.45) is 9.82. The van der Waals surface area contributed by atoms with Gasteiger partial charge in [0.15, 0.2) is 0 Å². The molecule has 2 fully saturated rings. The standard InChI is InChI=1S/C16H32N2O/c1-2-9-17-14-16(7-5-3-4-6-8-16)15-18-10-12-19-13-11-18/h17H,2-15H2,1H3. The van der Waals surface area contributed by atoms with E-state index in [1.54, 1.807) is 0 Å². The summed E-state index contributed by atoms with van der Waals surface area (Å²) in [5.41, 5.74) is 0.531. The van der Waals surface area contributed by atoms with Crippen molar-refractivity contribution < 1.29 is 4.74 Å². The summed E-state index contributed by atoms with van der Waals surface area (Å²) in [7, 11) is 0. The highest BCUT2D eigenvalue weighted by Gasteiger charge is 2.32. The lowest BCUT2D eigenvalue weighted by molar-refractivity contribution is 0.0122. The molecule has 0 aromatic rings. The van der Waals surface area contributed by atoms with E-state index in [0.717, 1.165) is 26.3 Å². The molecule has 2 rings (SSSR count). The molecular weight excluding hydrogens is 236 g/mol. The van der Waals surface area contributed by atoms with Crippen LogP contribution in [0.5, 0.6) is 0 Å². The Morgan fingerprint density at radius 2 is 1.74 bits per heavy atom. The SMILES string of the molecule is CCCNCC1(CN2CCOCC2)CCCCCC1. The van der Waals surface area contributed by atoms with Gasteiger partial charge in [-0.15, -0.1) is 0 Å². The van der Waals surface area contributed by atoms with Crippen molar-refractivity contribution in [3.63, 3.8) is 0 Å². The van der Waals surface area contributed by atoms with Gasteiger partial charge in [-0.2, -0.15) is 0 Å². The zero-order valence-corrected chi connectivity index (χ0v) is 12.8. The molecule has 0 radical (unpaired) electrons. The average Bonchev–Trinajstić information content (AvgIpc) is 2.66. The summed E-state index contributed by atoms with van der Waals surface area (Å²) in [5.74, 6) is 0. The first-order valence-corrected chi connectivity index (χ1v) is 8.35. The van der Waals surface area contributed by atoms with Gasteiger partial charge in [0.25, 0.3) is 0 Å². The topological polar surface area (TPSA) is 24.5 Å². The third kappa shape index (κ3) is 5.05. The van der Waals surface area contributed by atoms with Gasteiger partial charge in [0, 0.05) is 26.2 Å². The zero-order chi connectivity index (χ0) is 13.4. The van der Waals surface area contributed by atoms with Crippen LogP contribution >= 0.6 is 0 Å². The molecule has 0 aromatic heterocycles. The van der Waals surface area contributed by atoms with Crippen LogP contribution < -0.4 is 5.32 Å². The molecule has 1 aliphatic carbocycles. The molecule has 0 atom stereocenters. The van der Waals surface area contributed by atoms with Gasteiger partial charge in [-0.3, -0.25) is 4.90 Å². The minimum atomic E-state index is 0.531. The first-order valence-electron chi connectivity index (χ1n) is 8.35. The third-order valence-corrected chi connectivity index (χ3v) is 4.75. The molecule has 3 nitrogen and oxygen atoms in total. The molecule has 112 valence electrons. The maximum Gasteiger partial charge on any atom is 0.0594 e. The molecular formula is C16H32N2O. The van der Waals surface area contributed by atoms with Crippen LogP contribution in [0.25, 0.3) is 0 Å². The molecule has 1 N–H and O–H groups in total. The highest BCUT2D eigenvalue weighted by molar-refractivity contribution is 4.87. The lowest BCUT2D eigenvalue weighted by Crippen LogP contribution is -2.47. The number of hydrogen-bond donors (Lipinski definition) is 1. The van der Waals surface area contributed by atoms with Crippen molar-refractivity contribution in [3.05, 3.63) is 0 Å². The number of morpholine rings is 1. The van der Waals surface area contributed by atoms with Crippen LogP contribution in [-0.4, -0.2) is 50.8 Å². The van der Waals surface area contributed by atoms with Crippen LogP contribution in [0.3, 0.4) is 0 Å². The smallest absolute Gasteiger partial charge is 0.0594 e. The molecule has 0 aromatic carbocycles. The Kier molecular flexibility index (Phi) is 6.62. The quantitative estimate of drug-likeness (QED) is 0.592. The van der Waals surface area contributed by atoms with E-state index in [1.807, 2.05) is 0 Å². The number of hydrogen-bond acceptors (Lipinski definition) is 3. The van der Waals surface area contributed by atoms with Crippen molar-refractivity contribution in [1.29, 1.82) is 0 Å². The third-order valence-electron chi connectivity index (χ3n) is 4.75. The predicted molar refractivity (Wildman–Crippen MR) is 80.6 cm³/mol. The van der Waals surface area contributed by atoms with Crippen LogP contribution in [0, 0.1) is 5.41 Å². The number of rotatable bonds is 6. The van der Waals surface area contributed by atoms with Crippen molar-refractivity contribution >= 4 is 0 Å². The summed E-state index contributed by atoms with van der Waals surface area (Å²) >= 11 is 0. The summed E-state index contributed by atoms with van der Waals surface area (Å²) in [4.78, 5) is 2.64. The molecule has 1 saturated heterocycles. The molecule has 2 aliphatic rings. The maximum atomic E-state index is 5.49. The second-order valence-electron chi connectivity index (χ2n) is 6.48. The first kappa shape index (κ1) is 15.3. The van der Waals surface area contributed by atoms with Gasteiger partial charge >= 0.3 is 0 Å². The van der Waals surface area contributed by atoms with E-state index in [-0.39, 0.29) is 0 Å². The minimum absolute atomic E-state index is 0.531. The van der Waals surface area contributed by atoms with E-state index in [1.165, 1.54) is 64.6 Å². The Morgan fingerprint density at radius 1 is 1.05 bits per heavy atom. The first-order chi connectivity index (χ1) is 9.35. The van der Waals surface area contributed by atoms with E-state index in [2.05, 4.69) is 17.1 Å². The number of ether oxygens (including phenoxy) is 1. The summed E-state index contributed by atoms with van der Waals surface area (Å²) < 4.78 is 5.49. The van der Waals surface area contributed by atoms with Gasteiger partial charge in [-0.1, -0.05) is 32.6 Å². The molecule has 0 spiro atoms. The van der Waals surface area contributed by atoms with Crippen LogP contribution in [0.2, 0.25) is 0 Å². The summed E-state index contributed by atoms with van der Waals surface area (Å²) in [6.45, 7) is 10.1. The predicted octanol–water partition coefficient (Wildman–Crippen LogP) is 2.66. The lowest BCUT2D eigenvalue weighted by atomic mass is 9.79. The Morgan fingerprint density at radius 3 is 2.37 bits per heavy atom. The average molecular weight is 268 g/mol. The van der Waals surface area contributed by atoms with Crippen molar-refractivity contribution in [2.75, 3.05) is 45.9 Å². The fourth-order valence-corrected chi connectivity index (χ4v) is 3.63. The van der Waals surface area contributed by atoms with Crippen molar-refractivity contribution in [2.24, 2.45) is 5.41 Å². The molecule has 19 heavy (non-hydrogen) atoms. The Bertz CT molecular complexity index is 231. The lowest BCUT2D eigenvalue weighted by Gasteiger charge is -2.39. The number of nitrogens with one attached hydrogen (secondary N) is 1. The van der Waals surface area contributed by atoms with E-state index in [0.29, 0.717) is 5.41 Å². The van der Waals surface area contributed by atoms with Crippen LogP contribution in [-0.2, 0) is 4.74 Å². The molecule has 0 amide bonds. The Hall–Kier alpha value is -0.120. The highest BCUT2D eigenvalue weighted by atomic mass is 16.5. The van der Waals surface area contributed by atoms with Crippen LogP contribution in [0.15, 0.2) is 0 Å². The van der Waals surface area contributed by atoms with Crippen LogP contribution in [0.1, 0.15) is 51.9 Å². The largest absolute Gasteiger partial charge is 0.379 e. The van der Waals surface area contributed by atoms with Crippen molar-refractivity contribution in [1.82, 2.24) is 10.2 Å². The molecule has 3 heteroatoms. The molecule has 1 saturated carbocycles. The Labute approximate surface area is 119 Å². The normalized spacial score (nSPS) is 25.1. The highest BCUT2D eigenvalue weighted by Crippen LogP contribution is 2.35. The van der Waals surface area contributed by atoms with Crippen LogP contribution in [0.4, 0.5) is 0 Å². The maximum absolute atomic E-state index is 5.49. The zero-order valence-electron chi connectivity index (χ0n) is 12.8. The minimum Gasteiger partial charge on any atom is -0.379 e. The van der Waals surface area contributed by atoms with Crippen molar-refractivity contribution in [3.8, 4) is 0 Å². The van der Waals surface area contributed by atoms with E-state index < -0.39 is 0 Å². The van der Waals surface area contributed by atoms with Gasteiger partial charge < -0.3 is 10.1 Å². The van der Waals surface area contributed by atoms with Gasteiger partial charge in [0.05, 0.1) is 13.2 Å². The molecule has 1 heterocycles. The second kappa shape index (κ2) is 8.23. The summed E-state index contributed by atoms with van der Waals surface area (Å²) in [6, 6.07) is 0. The van der Waals surface area contributed by atoms with E-state index in [9.17, 15) is 0 Å². The fourth-order valence-electron chi connectivity index (χ4n) is 3.63. The van der Waals surface area contributed by atoms with Gasteiger partial charge in [-0.05, 0) is 31.2 Å². The van der Waals surface area contributed by atoms with Gasteiger partial charge in [-0.25, -0.2) is 0 Å². The van der Waals surface area contributed by atoms with Crippen molar-refractivity contribution in [2.45, 2.75) is 51.9 Å². The van der Waals surface area contributed by atoms with Gasteiger partial charge in [0.2, 0.25) is 0 Å². The fraction of sp³-hybridized carbons (Fsp3) is 1.00. The second-order valence-corrected chi connectivity index (χ2v) is 6.48. The van der Waals surface area contributed by atoms with Gasteiger partial charge in [0.1, 0.15) is 0 Å². The monoisotopic (exact) mass is 268 g/mol. The molecule has 0 unspecified atom stereocenters. The molecule has 0 bridgehead atoms. The van der Waals surface area contributed by atoms with E-state index >= 15 is 0 Å².